The van der Waals surface area contributed by atoms with Crippen molar-refractivity contribution in [1.29, 1.82) is 5.26 Å². The zero-order valence-electron chi connectivity index (χ0n) is 13.7. The molecule has 0 radical (unpaired) electrons. The van der Waals surface area contributed by atoms with Gasteiger partial charge in [0.15, 0.2) is 0 Å². The summed E-state index contributed by atoms with van der Waals surface area (Å²) in [6.45, 7) is 0.0813. The molecule has 10 heteroatoms. The number of alkyl halides is 3. The second-order valence-electron chi connectivity index (χ2n) is 5.52. The van der Waals surface area contributed by atoms with Crippen molar-refractivity contribution >= 4 is 17.4 Å². The SMILES string of the molecule is N#CCC[n+]1c([O-])c(C(=O)Nc2cc(C(F)(F)F)ccn2)n2ccccc21. The predicted octanol–water partition coefficient (Wildman–Crippen LogP) is 1.88. The first-order valence-corrected chi connectivity index (χ1v) is 7.74. The molecule has 0 atom stereocenters. The summed E-state index contributed by atoms with van der Waals surface area (Å²) >= 11 is 0. The van der Waals surface area contributed by atoms with Crippen molar-refractivity contribution in [2.24, 2.45) is 0 Å². The van der Waals surface area contributed by atoms with Crippen LogP contribution in [0.3, 0.4) is 0 Å². The monoisotopic (exact) mass is 375 g/mol. The lowest BCUT2D eigenvalue weighted by Gasteiger charge is -2.09. The second kappa shape index (κ2) is 6.95. The maximum absolute atomic E-state index is 12.8. The number of hydrogen-bond acceptors (Lipinski definition) is 4. The van der Waals surface area contributed by atoms with E-state index in [0.717, 1.165) is 12.3 Å². The zero-order chi connectivity index (χ0) is 19.6. The predicted molar refractivity (Wildman–Crippen MR) is 84.5 cm³/mol. The molecule has 138 valence electrons. The van der Waals surface area contributed by atoms with Crippen LogP contribution in [0.2, 0.25) is 0 Å². The average Bonchev–Trinajstić information content (AvgIpc) is 2.91. The highest BCUT2D eigenvalue weighted by molar-refractivity contribution is 6.04. The van der Waals surface area contributed by atoms with Crippen molar-refractivity contribution in [3.05, 3.63) is 54.0 Å². The summed E-state index contributed by atoms with van der Waals surface area (Å²) < 4.78 is 41.0. The van der Waals surface area contributed by atoms with E-state index < -0.39 is 23.5 Å². The number of nitriles is 1. The molecule has 7 nitrogen and oxygen atoms in total. The van der Waals surface area contributed by atoms with Crippen LogP contribution in [0, 0.1) is 11.3 Å². The highest BCUT2D eigenvalue weighted by Crippen LogP contribution is 2.30. The zero-order valence-corrected chi connectivity index (χ0v) is 13.7. The first-order chi connectivity index (χ1) is 12.8. The molecule has 0 aliphatic carbocycles. The number of fused-ring (bicyclic) bond motifs is 1. The molecule has 0 saturated carbocycles. The molecule has 0 aromatic carbocycles. The molecular formula is C17H12F3N5O2. The topological polar surface area (TPSA) is 97.1 Å². The summed E-state index contributed by atoms with van der Waals surface area (Å²) in [6.07, 6.45) is -2.13. The van der Waals surface area contributed by atoms with Crippen LogP contribution in [0.15, 0.2) is 42.7 Å². The van der Waals surface area contributed by atoms with Crippen LogP contribution in [0.1, 0.15) is 22.5 Å². The van der Waals surface area contributed by atoms with E-state index >= 15 is 0 Å². The summed E-state index contributed by atoms with van der Waals surface area (Å²) in [6, 6.07) is 8.23. The first kappa shape index (κ1) is 18.2. The Labute approximate surface area is 150 Å². The molecule has 27 heavy (non-hydrogen) atoms. The number of carbonyl (C=O) groups excluding carboxylic acids is 1. The second-order valence-corrected chi connectivity index (χ2v) is 5.52. The van der Waals surface area contributed by atoms with E-state index in [4.69, 9.17) is 5.26 Å². The lowest BCUT2D eigenvalue weighted by molar-refractivity contribution is -0.711. The lowest BCUT2D eigenvalue weighted by atomic mass is 10.2. The average molecular weight is 375 g/mol. The normalized spacial score (nSPS) is 11.3. The molecule has 3 aromatic heterocycles. The summed E-state index contributed by atoms with van der Waals surface area (Å²) in [5.74, 6) is -1.88. The lowest BCUT2D eigenvalue weighted by Crippen LogP contribution is -2.36. The van der Waals surface area contributed by atoms with Gasteiger partial charge in [-0.15, -0.1) is 0 Å². The van der Waals surface area contributed by atoms with E-state index in [0.29, 0.717) is 11.7 Å². The number of imidazole rings is 1. The summed E-state index contributed by atoms with van der Waals surface area (Å²) in [5.41, 5.74) is -0.873. The van der Waals surface area contributed by atoms with Crippen LogP contribution < -0.4 is 15.0 Å². The summed E-state index contributed by atoms with van der Waals surface area (Å²) in [5, 5.41) is 23.6. The molecule has 3 heterocycles. The van der Waals surface area contributed by atoms with Gasteiger partial charge in [-0.1, -0.05) is 6.07 Å². The molecular weight excluding hydrogens is 363 g/mol. The Morgan fingerprint density at radius 2 is 2.15 bits per heavy atom. The van der Waals surface area contributed by atoms with Gasteiger partial charge in [0.1, 0.15) is 18.2 Å². The van der Waals surface area contributed by atoms with Crippen LogP contribution in [-0.4, -0.2) is 15.3 Å². The highest BCUT2D eigenvalue weighted by atomic mass is 19.4. The number of nitrogens with one attached hydrogen (secondary N) is 1. The fourth-order valence-corrected chi connectivity index (χ4v) is 2.61. The minimum atomic E-state index is -4.59. The Morgan fingerprint density at radius 1 is 1.37 bits per heavy atom. The van der Waals surface area contributed by atoms with Crippen molar-refractivity contribution in [1.82, 2.24) is 9.38 Å². The number of aromatic nitrogens is 3. The van der Waals surface area contributed by atoms with Gasteiger partial charge in [0.05, 0.1) is 24.3 Å². The molecule has 0 fully saturated rings. The van der Waals surface area contributed by atoms with Crippen molar-refractivity contribution in [3.8, 4) is 11.9 Å². The number of aryl methyl sites for hydroxylation is 1. The fourth-order valence-electron chi connectivity index (χ4n) is 2.61. The van der Waals surface area contributed by atoms with Crippen molar-refractivity contribution in [3.63, 3.8) is 0 Å². The number of pyridine rings is 2. The standard InChI is InChI=1S/C17H12F3N5O2/c18-17(19,20)11-5-7-22-12(10-11)23-15(26)14-16(27)25(9-3-6-21)13-4-1-2-8-24(13)14/h1-2,4-5,7-8,10H,3,9H2,(H-,22,23,26,27). The largest absolute Gasteiger partial charge is 0.839 e. The van der Waals surface area contributed by atoms with Gasteiger partial charge in [-0.05, 0) is 18.2 Å². The van der Waals surface area contributed by atoms with E-state index in [9.17, 15) is 23.1 Å². The van der Waals surface area contributed by atoms with E-state index in [-0.39, 0.29) is 24.5 Å². The summed E-state index contributed by atoms with van der Waals surface area (Å²) in [4.78, 5) is 16.3. The number of rotatable bonds is 4. The van der Waals surface area contributed by atoms with Gasteiger partial charge >= 0.3 is 6.18 Å². The first-order valence-electron chi connectivity index (χ1n) is 7.74. The van der Waals surface area contributed by atoms with E-state index in [1.165, 1.54) is 15.2 Å². The van der Waals surface area contributed by atoms with Gasteiger partial charge in [-0.2, -0.15) is 22.8 Å². The van der Waals surface area contributed by atoms with Crippen molar-refractivity contribution < 1.29 is 27.6 Å². The van der Waals surface area contributed by atoms with E-state index in [2.05, 4.69) is 10.3 Å². The van der Waals surface area contributed by atoms with E-state index in [1.807, 2.05) is 6.07 Å². The minimum absolute atomic E-state index is 0.0602. The number of amides is 1. The van der Waals surface area contributed by atoms with Gasteiger partial charge in [-0.25, -0.2) is 9.55 Å². The molecule has 3 rings (SSSR count). The van der Waals surface area contributed by atoms with Gasteiger partial charge in [0, 0.05) is 12.3 Å². The molecule has 0 aliphatic rings. The molecule has 0 unspecified atom stereocenters. The van der Waals surface area contributed by atoms with Crippen molar-refractivity contribution in [2.45, 2.75) is 19.1 Å². The smallest absolute Gasteiger partial charge is 0.416 e. The highest BCUT2D eigenvalue weighted by Gasteiger charge is 2.31. The molecule has 1 amide bonds. The third-order valence-electron chi connectivity index (χ3n) is 3.79. The van der Waals surface area contributed by atoms with Crippen LogP contribution in [0.4, 0.5) is 19.0 Å². The Hall–Kier alpha value is -3.61. The third kappa shape index (κ3) is 3.52. The molecule has 0 bridgehead atoms. The Kier molecular flexibility index (Phi) is 4.68. The van der Waals surface area contributed by atoms with Gasteiger partial charge < -0.3 is 10.4 Å². The maximum Gasteiger partial charge on any atom is 0.416 e. The van der Waals surface area contributed by atoms with E-state index in [1.54, 1.807) is 18.2 Å². The third-order valence-corrected chi connectivity index (χ3v) is 3.79. The number of anilines is 1. The van der Waals surface area contributed by atoms with Gasteiger partial charge in [0.2, 0.25) is 5.69 Å². The molecule has 1 N–H and O–H groups in total. The van der Waals surface area contributed by atoms with Crippen LogP contribution in [0.25, 0.3) is 5.65 Å². The fraction of sp³-hybridized carbons (Fsp3) is 0.176. The number of halogens is 3. The summed E-state index contributed by atoms with van der Waals surface area (Å²) in [7, 11) is 0. The molecule has 0 spiro atoms. The minimum Gasteiger partial charge on any atom is -0.839 e. The molecule has 3 aromatic rings. The number of carbonyl (C=O) groups is 1. The van der Waals surface area contributed by atoms with Crippen LogP contribution >= 0.6 is 0 Å². The number of hydrogen-bond donors (Lipinski definition) is 1. The van der Waals surface area contributed by atoms with Crippen LogP contribution in [-0.2, 0) is 12.7 Å². The Balaban J connectivity index is 2.00. The quantitative estimate of drug-likeness (QED) is 0.704. The maximum atomic E-state index is 12.8. The number of nitrogens with zero attached hydrogens (tertiary/aromatic N) is 4. The molecule has 0 saturated heterocycles. The van der Waals surface area contributed by atoms with Crippen molar-refractivity contribution in [2.75, 3.05) is 5.32 Å². The van der Waals surface area contributed by atoms with Gasteiger partial charge in [-0.3, -0.25) is 4.79 Å². The Morgan fingerprint density at radius 3 is 2.85 bits per heavy atom. The molecule has 0 aliphatic heterocycles. The van der Waals surface area contributed by atoms with Crippen LogP contribution in [0.5, 0.6) is 5.88 Å². The van der Waals surface area contributed by atoms with Gasteiger partial charge in [0.25, 0.3) is 11.6 Å². The Bertz CT molecular complexity index is 1050.